The van der Waals surface area contributed by atoms with Crippen molar-refractivity contribution in [3.63, 3.8) is 0 Å². The number of hydrogen-bond acceptors (Lipinski definition) is 4. The van der Waals surface area contributed by atoms with E-state index in [2.05, 4.69) is 15.7 Å². The van der Waals surface area contributed by atoms with E-state index in [1.54, 1.807) is 6.07 Å². The van der Waals surface area contributed by atoms with E-state index in [4.69, 9.17) is 4.42 Å². The molecule has 1 aromatic heterocycles. The monoisotopic (exact) mass is 231 g/mol. The molecule has 1 aliphatic heterocycles. The highest BCUT2D eigenvalue weighted by Gasteiger charge is 2.17. The summed E-state index contributed by atoms with van der Waals surface area (Å²) in [6.07, 6.45) is 1.24. The molecule has 1 saturated heterocycles. The molecular weight excluding hydrogens is 218 g/mol. The van der Waals surface area contributed by atoms with Crippen molar-refractivity contribution in [3.05, 3.63) is 30.0 Å². The van der Waals surface area contributed by atoms with Crippen molar-refractivity contribution in [1.82, 2.24) is 0 Å². The summed E-state index contributed by atoms with van der Waals surface area (Å²) in [5.74, 6) is -0.185. The number of nitrogens with zero attached hydrogens (tertiary/aromatic N) is 1. The minimum Gasteiger partial charge on any atom is -0.463 e. The molecule has 88 valence electrons. The van der Waals surface area contributed by atoms with Crippen molar-refractivity contribution in [3.8, 4) is 0 Å². The Morgan fingerprint density at radius 3 is 2.82 bits per heavy atom. The van der Waals surface area contributed by atoms with Gasteiger partial charge in [0.15, 0.2) is 0 Å². The first-order valence-corrected chi connectivity index (χ1v) is 5.65. The Kier molecular flexibility index (Phi) is 2.28. The van der Waals surface area contributed by atoms with E-state index < -0.39 is 5.97 Å². The molecule has 2 heterocycles. The highest BCUT2D eigenvalue weighted by atomic mass is 16.5. The van der Waals surface area contributed by atoms with Crippen LogP contribution in [0.4, 0.5) is 5.69 Å². The Balaban J connectivity index is 2.00. The lowest BCUT2D eigenvalue weighted by Crippen LogP contribution is -2.36. The summed E-state index contributed by atoms with van der Waals surface area (Å²) >= 11 is 0. The van der Waals surface area contributed by atoms with Gasteiger partial charge in [0, 0.05) is 30.2 Å². The third-order valence-electron chi connectivity index (χ3n) is 3.11. The average Bonchev–Trinajstić information content (AvgIpc) is 2.68. The maximum absolute atomic E-state index is 11.3. The fourth-order valence-corrected chi connectivity index (χ4v) is 1.99. The molecule has 17 heavy (non-hydrogen) atoms. The molecule has 3 rings (SSSR count). The van der Waals surface area contributed by atoms with Gasteiger partial charge in [-0.1, -0.05) is 0 Å². The molecule has 2 aromatic rings. The van der Waals surface area contributed by atoms with E-state index in [1.807, 2.05) is 12.1 Å². The highest BCUT2D eigenvalue weighted by Crippen LogP contribution is 2.27. The van der Waals surface area contributed by atoms with E-state index in [0.29, 0.717) is 0 Å². The van der Waals surface area contributed by atoms with Gasteiger partial charge in [0.2, 0.25) is 5.76 Å². The first-order chi connectivity index (χ1) is 8.28. The number of fused-ring (bicyclic) bond motifs is 1. The second kappa shape index (κ2) is 3.80. The zero-order valence-corrected chi connectivity index (χ0v) is 9.60. The molecule has 0 bridgehead atoms. The van der Waals surface area contributed by atoms with Gasteiger partial charge in [-0.15, -0.1) is 0 Å². The third-order valence-corrected chi connectivity index (χ3v) is 3.11. The molecule has 0 amide bonds. The van der Waals surface area contributed by atoms with Crippen LogP contribution in [-0.4, -0.2) is 26.2 Å². The van der Waals surface area contributed by atoms with Gasteiger partial charge in [-0.3, -0.25) is 0 Å². The van der Waals surface area contributed by atoms with Crippen LogP contribution in [0.5, 0.6) is 0 Å². The third kappa shape index (κ3) is 1.65. The summed E-state index contributed by atoms with van der Waals surface area (Å²) in [5.41, 5.74) is 1.88. The Hall–Kier alpha value is -1.97. The number of anilines is 1. The molecule has 0 N–H and O–H groups in total. The standard InChI is InChI=1S/C13H13NO3/c1-16-13(15)12-7-9-3-4-10(8-11(9)17-12)14-5-2-6-14/h3-4,7-8H,2,5-6H2,1H3. The molecule has 1 aromatic carbocycles. The number of furan rings is 1. The Morgan fingerprint density at radius 1 is 1.35 bits per heavy atom. The maximum atomic E-state index is 11.3. The van der Waals surface area contributed by atoms with E-state index >= 15 is 0 Å². The molecule has 1 fully saturated rings. The van der Waals surface area contributed by atoms with Crippen molar-refractivity contribution in [2.75, 3.05) is 25.1 Å². The quantitative estimate of drug-likeness (QED) is 0.744. The number of carbonyl (C=O) groups excluding carboxylic acids is 1. The van der Waals surface area contributed by atoms with Crippen molar-refractivity contribution in [2.24, 2.45) is 0 Å². The molecule has 1 aliphatic rings. The molecule has 0 atom stereocenters. The molecule has 0 aliphatic carbocycles. The smallest absolute Gasteiger partial charge is 0.373 e. The Morgan fingerprint density at radius 2 is 2.18 bits per heavy atom. The van der Waals surface area contributed by atoms with Crippen LogP contribution >= 0.6 is 0 Å². The van der Waals surface area contributed by atoms with Crippen LogP contribution in [-0.2, 0) is 4.74 Å². The summed E-state index contributed by atoms with van der Waals surface area (Å²) in [6.45, 7) is 2.19. The van der Waals surface area contributed by atoms with Crippen LogP contribution in [0, 0.1) is 0 Å². The van der Waals surface area contributed by atoms with Crippen LogP contribution in [0.15, 0.2) is 28.7 Å². The number of hydrogen-bond donors (Lipinski definition) is 0. The van der Waals surface area contributed by atoms with Gasteiger partial charge in [-0.05, 0) is 24.6 Å². The Bertz CT molecular complexity index is 569. The molecule has 0 unspecified atom stereocenters. The highest BCUT2D eigenvalue weighted by molar-refractivity contribution is 5.93. The van der Waals surface area contributed by atoms with Crippen molar-refractivity contribution >= 4 is 22.6 Å². The molecule has 4 nitrogen and oxygen atoms in total. The fraction of sp³-hybridized carbons (Fsp3) is 0.308. The predicted octanol–water partition coefficient (Wildman–Crippen LogP) is 2.43. The lowest BCUT2D eigenvalue weighted by molar-refractivity contribution is 0.0567. The van der Waals surface area contributed by atoms with Crippen LogP contribution in [0.1, 0.15) is 17.0 Å². The maximum Gasteiger partial charge on any atom is 0.373 e. The van der Waals surface area contributed by atoms with E-state index in [9.17, 15) is 4.79 Å². The van der Waals surface area contributed by atoms with Gasteiger partial charge in [-0.2, -0.15) is 0 Å². The van der Waals surface area contributed by atoms with Crippen LogP contribution in [0.25, 0.3) is 11.0 Å². The largest absolute Gasteiger partial charge is 0.463 e. The zero-order chi connectivity index (χ0) is 11.8. The summed E-state index contributed by atoms with van der Waals surface area (Å²) in [5, 5.41) is 0.926. The number of ether oxygens (including phenoxy) is 1. The number of esters is 1. The fourth-order valence-electron chi connectivity index (χ4n) is 1.99. The van der Waals surface area contributed by atoms with Crippen LogP contribution < -0.4 is 4.90 Å². The summed E-state index contributed by atoms with van der Waals surface area (Å²) in [4.78, 5) is 13.6. The molecular formula is C13H13NO3. The minimum atomic E-state index is -0.438. The first kappa shape index (κ1) is 10.2. The average molecular weight is 231 g/mol. The van der Waals surface area contributed by atoms with Gasteiger partial charge in [0.05, 0.1) is 7.11 Å². The molecule has 0 saturated carbocycles. The van der Waals surface area contributed by atoms with Crippen molar-refractivity contribution in [2.45, 2.75) is 6.42 Å². The predicted molar refractivity (Wildman–Crippen MR) is 64.4 cm³/mol. The van der Waals surface area contributed by atoms with Crippen LogP contribution in [0.2, 0.25) is 0 Å². The second-order valence-corrected chi connectivity index (χ2v) is 4.16. The van der Waals surface area contributed by atoms with E-state index in [0.717, 1.165) is 29.7 Å². The van der Waals surface area contributed by atoms with Gasteiger partial charge in [0.1, 0.15) is 5.58 Å². The number of benzene rings is 1. The lowest BCUT2D eigenvalue weighted by atomic mass is 10.1. The molecule has 0 radical (unpaired) electrons. The Labute approximate surface area is 98.8 Å². The normalized spacial score (nSPS) is 14.8. The van der Waals surface area contributed by atoms with E-state index in [1.165, 1.54) is 13.5 Å². The summed E-state index contributed by atoms with van der Waals surface area (Å²) < 4.78 is 10.1. The van der Waals surface area contributed by atoms with Gasteiger partial charge in [0.25, 0.3) is 0 Å². The first-order valence-electron chi connectivity index (χ1n) is 5.65. The number of carbonyl (C=O) groups is 1. The SMILES string of the molecule is COC(=O)c1cc2ccc(N3CCC3)cc2o1. The van der Waals surface area contributed by atoms with Crippen LogP contribution in [0.3, 0.4) is 0 Å². The van der Waals surface area contributed by atoms with Crippen molar-refractivity contribution < 1.29 is 13.9 Å². The summed E-state index contributed by atoms with van der Waals surface area (Å²) in [7, 11) is 1.35. The van der Waals surface area contributed by atoms with Gasteiger partial charge >= 0.3 is 5.97 Å². The summed E-state index contributed by atoms with van der Waals surface area (Å²) in [6, 6.07) is 7.71. The lowest BCUT2D eigenvalue weighted by Gasteiger charge is -2.33. The van der Waals surface area contributed by atoms with Crippen molar-refractivity contribution in [1.29, 1.82) is 0 Å². The second-order valence-electron chi connectivity index (χ2n) is 4.16. The number of methoxy groups -OCH3 is 1. The zero-order valence-electron chi connectivity index (χ0n) is 9.60. The topological polar surface area (TPSA) is 42.7 Å². The van der Waals surface area contributed by atoms with E-state index in [-0.39, 0.29) is 5.76 Å². The molecule has 4 heteroatoms. The number of rotatable bonds is 2. The van der Waals surface area contributed by atoms with Gasteiger partial charge < -0.3 is 14.1 Å². The molecule has 0 spiro atoms. The minimum absolute atomic E-state index is 0.253. The van der Waals surface area contributed by atoms with Gasteiger partial charge in [-0.25, -0.2) is 4.79 Å².